The van der Waals surface area contributed by atoms with E-state index < -0.39 is 24.1 Å². The van der Waals surface area contributed by atoms with Crippen LogP contribution in [0.2, 0.25) is 5.02 Å². The number of amides is 3. The Bertz CT molecular complexity index is 916. The molecule has 3 rings (SSSR count). The van der Waals surface area contributed by atoms with Crippen molar-refractivity contribution in [1.82, 2.24) is 16.0 Å². The summed E-state index contributed by atoms with van der Waals surface area (Å²) in [4.78, 5) is 49.0. The van der Waals surface area contributed by atoms with Gasteiger partial charge < -0.3 is 25.5 Å². The molecule has 3 atom stereocenters. The van der Waals surface area contributed by atoms with Gasteiger partial charge in [0.1, 0.15) is 18.9 Å². The Morgan fingerprint density at radius 1 is 1.14 bits per heavy atom. The number of hydrogen-bond acceptors (Lipinski definition) is 5. The van der Waals surface area contributed by atoms with Crippen LogP contribution >= 0.6 is 11.6 Å². The summed E-state index contributed by atoms with van der Waals surface area (Å²) < 4.78 is 5.24. The van der Waals surface area contributed by atoms with Gasteiger partial charge in [-0.1, -0.05) is 61.9 Å². The van der Waals surface area contributed by atoms with Gasteiger partial charge in [0.15, 0.2) is 0 Å². The van der Waals surface area contributed by atoms with E-state index in [2.05, 4.69) is 16.0 Å². The number of benzene rings is 1. The van der Waals surface area contributed by atoms with Crippen LogP contribution in [0, 0.1) is 11.8 Å². The predicted octanol–water partition coefficient (Wildman–Crippen LogP) is 3.63. The van der Waals surface area contributed by atoms with Gasteiger partial charge in [0, 0.05) is 17.5 Å². The largest absolute Gasteiger partial charge is 0.445 e. The minimum Gasteiger partial charge on any atom is -0.445 e. The third-order valence-electron chi connectivity index (χ3n) is 6.57. The Balaban J connectivity index is 1.55. The molecule has 1 saturated heterocycles. The number of carbonyl (C=O) groups is 4. The summed E-state index contributed by atoms with van der Waals surface area (Å²) in [5, 5.41) is 8.75. The van der Waals surface area contributed by atoms with Crippen LogP contribution in [0.1, 0.15) is 56.9 Å². The van der Waals surface area contributed by atoms with Gasteiger partial charge in [-0.2, -0.15) is 0 Å². The maximum Gasteiger partial charge on any atom is 0.408 e. The van der Waals surface area contributed by atoms with Crippen LogP contribution in [-0.4, -0.2) is 49.4 Å². The molecule has 0 radical (unpaired) electrons. The molecule has 1 aromatic rings. The number of alkyl carbamates (subject to hydrolysis) is 1. The van der Waals surface area contributed by atoms with Gasteiger partial charge in [0.2, 0.25) is 11.8 Å². The van der Waals surface area contributed by atoms with Crippen LogP contribution in [0.4, 0.5) is 4.79 Å². The van der Waals surface area contributed by atoms with Gasteiger partial charge in [0.25, 0.3) is 0 Å². The third-order valence-corrected chi connectivity index (χ3v) is 6.80. The zero-order valence-electron chi connectivity index (χ0n) is 19.8. The number of hydrogen-bond donors (Lipinski definition) is 3. The maximum absolute atomic E-state index is 13.1. The fourth-order valence-corrected chi connectivity index (χ4v) is 4.90. The predicted molar refractivity (Wildman–Crippen MR) is 134 cm³/mol. The first-order chi connectivity index (χ1) is 16.9. The highest BCUT2D eigenvalue weighted by Gasteiger charge is 2.31. The molecule has 1 heterocycles. The third kappa shape index (κ3) is 9.02. The van der Waals surface area contributed by atoms with E-state index in [4.69, 9.17) is 16.3 Å². The summed E-state index contributed by atoms with van der Waals surface area (Å²) in [7, 11) is 0. The summed E-state index contributed by atoms with van der Waals surface area (Å²) in [5.41, 5.74) is 0.881. The normalized spacial score (nSPS) is 20.1. The van der Waals surface area contributed by atoms with Crippen LogP contribution in [0.5, 0.6) is 0 Å². The molecular weight excluding hydrogens is 470 g/mol. The average Bonchev–Trinajstić information content (AvgIpc) is 3.25. The summed E-state index contributed by atoms with van der Waals surface area (Å²) in [6.07, 6.45) is 10.2. The molecule has 190 valence electrons. The van der Waals surface area contributed by atoms with E-state index >= 15 is 0 Å². The van der Waals surface area contributed by atoms with Gasteiger partial charge in [-0.25, -0.2) is 4.79 Å². The van der Waals surface area contributed by atoms with Gasteiger partial charge in [-0.05, 0) is 49.0 Å². The van der Waals surface area contributed by atoms with E-state index in [1.807, 2.05) is 12.1 Å². The average molecular weight is 504 g/mol. The summed E-state index contributed by atoms with van der Waals surface area (Å²) in [6, 6.07) is 5.67. The first kappa shape index (κ1) is 26.7. The second-order valence-electron chi connectivity index (χ2n) is 9.26. The van der Waals surface area contributed by atoms with E-state index in [1.54, 1.807) is 24.3 Å². The summed E-state index contributed by atoms with van der Waals surface area (Å²) in [5.74, 6) is -0.515. The zero-order chi connectivity index (χ0) is 25.0. The van der Waals surface area contributed by atoms with Crippen molar-refractivity contribution in [2.45, 2.75) is 63.5 Å². The van der Waals surface area contributed by atoms with Crippen LogP contribution in [0.25, 0.3) is 6.08 Å². The second kappa shape index (κ2) is 13.9. The van der Waals surface area contributed by atoms with Crippen LogP contribution in [0.15, 0.2) is 30.3 Å². The smallest absolute Gasteiger partial charge is 0.408 e. The highest BCUT2D eigenvalue weighted by atomic mass is 35.5. The van der Waals surface area contributed by atoms with Gasteiger partial charge in [-0.3, -0.25) is 9.59 Å². The molecule has 0 aromatic heterocycles. The number of halogens is 1. The molecule has 8 nitrogen and oxygen atoms in total. The lowest BCUT2D eigenvalue weighted by Gasteiger charge is -2.27. The van der Waals surface area contributed by atoms with Gasteiger partial charge in [-0.15, -0.1) is 0 Å². The second-order valence-corrected chi connectivity index (χ2v) is 9.69. The van der Waals surface area contributed by atoms with Crippen molar-refractivity contribution < 1.29 is 23.9 Å². The highest BCUT2D eigenvalue weighted by Crippen LogP contribution is 2.27. The SMILES string of the molecule is O=C[C@H](C[C@@H]1CCNC1=O)NC(=O)[C@H](CC1CCCCC1)NC(=O)OC/C=C/c1cccc(Cl)c1. The molecule has 9 heteroatoms. The van der Waals surface area contributed by atoms with Gasteiger partial charge >= 0.3 is 6.09 Å². The lowest BCUT2D eigenvalue weighted by atomic mass is 9.84. The van der Waals surface area contributed by atoms with Crippen LogP contribution in [0.3, 0.4) is 0 Å². The molecule has 2 aliphatic rings. The molecule has 1 aliphatic carbocycles. The van der Waals surface area contributed by atoms with Crippen LogP contribution < -0.4 is 16.0 Å². The molecule has 1 aromatic carbocycles. The molecule has 3 amide bonds. The number of carbonyl (C=O) groups excluding carboxylic acids is 4. The van der Waals surface area contributed by atoms with Gasteiger partial charge in [0.05, 0.1) is 6.04 Å². The van der Waals surface area contributed by atoms with Crippen molar-refractivity contribution in [2.24, 2.45) is 11.8 Å². The molecule has 2 fully saturated rings. The minimum atomic E-state index is -0.817. The topological polar surface area (TPSA) is 114 Å². The molecule has 0 spiro atoms. The standard InChI is InChI=1S/C26H34ClN3O5/c27-21-10-4-8-18(14-21)9-5-13-35-26(34)30-23(15-19-6-2-1-3-7-19)25(33)29-22(17-31)16-20-11-12-28-24(20)32/h4-5,8-10,14,17,19-20,22-23H,1-3,6-7,11-13,15-16H2,(H,28,32)(H,29,33)(H,30,34)/b9-5+/t20-,22-,23-/m0/s1. The lowest BCUT2D eigenvalue weighted by molar-refractivity contribution is -0.127. The number of nitrogens with one attached hydrogen (secondary N) is 3. The van der Waals surface area contributed by atoms with E-state index in [0.717, 1.165) is 31.2 Å². The summed E-state index contributed by atoms with van der Waals surface area (Å²) in [6.45, 7) is 0.607. The molecule has 3 N–H and O–H groups in total. The van der Waals surface area contributed by atoms with Crippen molar-refractivity contribution in [3.05, 3.63) is 40.9 Å². The fourth-order valence-electron chi connectivity index (χ4n) is 4.70. The van der Waals surface area contributed by atoms with Crippen molar-refractivity contribution in [1.29, 1.82) is 0 Å². The molecular formula is C26H34ClN3O5. The monoisotopic (exact) mass is 503 g/mol. The van der Waals surface area contributed by atoms with Crippen molar-refractivity contribution in [3.8, 4) is 0 Å². The van der Waals surface area contributed by atoms with Crippen LogP contribution in [-0.2, 0) is 19.1 Å². The molecule has 0 unspecified atom stereocenters. The first-order valence-corrected chi connectivity index (χ1v) is 12.7. The Kier molecular flexibility index (Phi) is 10.6. The van der Waals surface area contributed by atoms with E-state index in [0.29, 0.717) is 36.6 Å². The highest BCUT2D eigenvalue weighted by molar-refractivity contribution is 6.30. The maximum atomic E-state index is 13.1. The minimum absolute atomic E-state index is 0.0316. The molecule has 0 bridgehead atoms. The van der Waals surface area contributed by atoms with Crippen molar-refractivity contribution in [3.63, 3.8) is 0 Å². The quantitative estimate of drug-likeness (QED) is 0.399. The Morgan fingerprint density at radius 2 is 1.94 bits per heavy atom. The Labute approximate surface area is 211 Å². The van der Waals surface area contributed by atoms with Crippen molar-refractivity contribution >= 4 is 41.9 Å². The summed E-state index contributed by atoms with van der Waals surface area (Å²) >= 11 is 5.97. The Morgan fingerprint density at radius 3 is 2.63 bits per heavy atom. The first-order valence-electron chi connectivity index (χ1n) is 12.3. The van der Waals surface area contributed by atoms with E-state index in [-0.39, 0.29) is 24.9 Å². The van der Waals surface area contributed by atoms with Crippen molar-refractivity contribution in [2.75, 3.05) is 13.2 Å². The lowest BCUT2D eigenvalue weighted by Crippen LogP contribution is -2.51. The van der Waals surface area contributed by atoms with E-state index in [9.17, 15) is 19.2 Å². The fraction of sp³-hybridized carbons (Fsp3) is 0.538. The molecule has 1 aliphatic heterocycles. The number of rotatable bonds is 11. The molecule has 1 saturated carbocycles. The number of aldehydes is 1. The zero-order valence-corrected chi connectivity index (χ0v) is 20.6. The Hall–Kier alpha value is -2.87. The molecule has 35 heavy (non-hydrogen) atoms. The van der Waals surface area contributed by atoms with E-state index in [1.165, 1.54) is 6.42 Å². The number of ether oxygens (including phenoxy) is 1.